The Balaban J connectivity index is 1.46. The van der Waals surface area contributed by atoms with E-state index in [1.54, 1.807) is 43.5 Å². The molecular weight excluding hydrogens is 416 g/mol. The molecule has 1 saturated heterocycles. The number of ether oxygens (including phenoxy) is 4. The summed E-state index contributed by atoms with van der Waals surface area (Å²) in [6.45, 7) is -0.220. The molecule has 4 rings (SSSR count). The molecule has 2 heterocycles. The lowest BCUT2D eigenvalue weighted by molar-refractivity contribution is -0.156. The highest BCUT2D eigenvalue weighted by Crippen LogP contribution is 2.47. The Morgan fingerprint density at radius 2 is 1.81 bits per heavy atom. The first-order valence-electron chi connectivity index (χ1n) is 10.4. The molecular formula is C23H26N2O7. The third-order valence-corrected chi connectivity index (χ3v) is 5.73. The van der Waals surface area contributed by atoms with Gasteiger partial charge in [0.05, 0.1) is 33.4 Å². The molecule has 1 fully saturated rings. The SMILES string of the molecule is COC(=O)C[C@@H]1C[C@H]2c3cc(NC(=O)Nc4ccc(OC)cc4)ccc3O[C@H]2[C@@H](CO)O1. The molecule has 2 amide bonds. The van der Waals surface area contributed by atoms with Gasteiger partial charge in [0, 0.05) is 22.9 Å². The number of carbonyl (C=O) groups is 2. The molecule has 2 aliphatic heterocycles. The Bertz CT molecular complexity index is 979. The van der Waals surface area contributed by atoms with E-state index in [2.05, 4.69) is 10.6 Å². The number of aliphatic hydroxyl groups excluding tert-OH is 1. The lowest BCUT2D eigenvalue weighted by Crippen LogP contribution is -2.46. The lowest BCUT2D eigenvalue weighted by atomic mass is 9.84. The monoisotopic (exact) mass is 442 g/mol. The predicted molar refractivity (Wildman–Crippen MR) is 116 cm³/mol. The summed E-state index contributed by atoms with van der Waals surface area (Å²) in [6, 6.07) is 12.0. The number of amides is 2. The number of urea groups is 1. The Morgan fingerprint density at radius 1 is 1.09 bits per heavy atom. The van der Waals surface area contributed by atoms with E-state index in [-0.39, 0.29) is 43.2 Å². The number of esters is 1. The number of hydrogen-bond donors (Lipinski definition) is 3. The van der Waals surface area contributed by atoms with Crippen molar-refractivity contribution >= 4 is 23.4 Å². The number of nitrogens with one attached hydrogen (secondary N) is 2. The molecule has 0 unspecified atom stereocenters. The van der Waals surface area contributed by atoms with E-state index in [9.17, 15) is 14.7 Å². The van der Waals surface area contributed by atoms with E-state index < -0.39 is 6.10 Å². The average Bonchev–Trinajstić information content (AvgIpc) is 3.17. The molecule has 0 bridgehead atoms. The molecule has 0 spiro atoms. The van der Waals surface area contributed by atoms with Crippen molar-refractivity contribution in [2.24, 2.45) is 0 Å². The minimum absolute atomic E-state index is 0.0723. The lowest BCUT2D eigenvalue weighted by Gasteiger charge is -2.36. The fourth-order valence-electron chi connectivity index (χ4n) is 4.20. The van der Waals surface area contributed by atoms with Gasteiger partial charge in [-0.2, -0.15) is 0 Å². The Morgan fingerprint density at radius 3 is 2.50 bits per heavy atom. The number of fused-ring (bicyclic) bond motifs is 3. The Kier molecular flexibility index (Phi) is 6.48. The van der Waals surface area contributed by atoms with Gasteiger partial charge in [0.1, 0.15) is 23.7 Å². The van der Waals surface area contributed by atoms with Gasteiger partial charge < -0.3 is 34.7 Å². The van der Waals surface area contributed by atoms with Gasteiger partial charge in [0.15, 0.2) is 0 Å². The number of anilines is 2. The maximum Gasteiger partial charge on any atom is 0.323 e. The molecule has 9 heteroatoms. The second-order valence-corrected chi connectivity index (χ2v) is 7.74. The van der Waals surface area contributed by atoms with Crippen molar-refractivity contribution in [2.75, 3.05) is 31.5 Å². The van der Waals surface area contributed by atoms with E-state index in [0.29, 0.717) is 29.3 Å². The minimum Gasteiger partial charge on any atom is -0.497 e. The van der Waals surface area contributed by atoms with Gasteiger partial charge in [0.25, 0.3) is 0 Å². The van der Waals surface area contributed by atoms with Gasteiger partial charge in [-0.15, -0.1) is 0 Å². The summed E-state index contributed by atoms with van der Waals surface area (Å²) in [4.78, 5) is 24.2. The van der Waals surface area contributed by atoms with Crippen LogP contribution >= 0.6 is 0 Å². The number of carbonyl (C=O) groups excluding carboxylic acids is 2. The minimum atomic E-state index is -0.550. The van der Waals surface area contributed by atoms with Crippen LogP contribution in [0.15, 0.2) is 42.5 Å². The van der Waals surface area contributed by atoms with Crippen molar-refractivity contribution in [1.29, 1.82) is 0 Å². The van der Waals surface area contributed by atoms with Crippen LogP contribution in [0.3, 0.4) is 0 Å². The van der Waals surface area contributed by atoms with Crippen LogP contribution in [0.1, 0.15) is 24.3 Å². The van der Waals surface area contributed by atoms with Gasteiger partial charge in [-0.3, -0.25) is 4.79 Å². The standard InChI is InChI=1S/C23H26N2O7/c1-29-15-6-3-13(4-7-15)24-23(28)25-14-5-8-19-17(9-14)18-10-16(11-21(27)30-2)31-20(12-26)22(18)32-19/h3-9,16,18,20,22,26H,10-12H2,1-2H3,(H2,24,25,28)/t16-,18-,20+,22+/m0/s1. The van der Waals surface area contributed by atoms with Crippen LogP contribution in [0.4, 0.5) is 16.2 Å². The fraction of sp³-hybridized carbons (Fsp3) is 0.391. The first-order chi connectivity index (χ1) is 15.5. The van der Waals surface area contributed by atoms with Gasteiger partial charge in [-0.1, -0.05) is 0 Å². The molecule has 170 valence electrons. The Labute approximate surface area is 185 Å². The number of methoxy groups -OCH3 is 2. The van der Waals surface area contributed by atoms with E-state index in [1.807, 2.05) is 6.07 Å². The third-order valence-electron chi connectivity index (χ3n) is 5.73. The predicted octanol–water partition coefficient (Wildman–Crippen LogP) is 2.90. The van der Waals surface area contributed by atoms with Gasteiger partial charge in [-0.25, -0.2) is 4.79 Å². The summed E-state index contributed by atoms with van der Waals surface area (Å²) in [7, 11) is 2.91. The summed E-state index contributed by atoms with van der Waals surface area (Å²) < 4.78 is 21.8. The first kappa shape index (κ1) is 21.9. The summed E-state index contributed by atoms with van der Waals surface area (Å²) in [5, 5.41) is 15.4. The van der Waals surface area contributed by atoms with Crippen molar-refractivity contribution < 1.29 is 33.6 Å². The molecule has 3 N–H and O–H groups in total. The molecule has 32 heavy (non-hydrogen) atoms. The zero-order chi connectivity index (χ0) is 22.7. The molecule has 9 nitrogen and oxygen atoms in total. The summed E-state index contributed by atoms with van der Waals surface area (Å²) in [6.07, 6.45) is -0.637. The van der Waals surface area contributed by atoms with Crippen molar-refractivity contribution in [1.82, 2.24) is 0 Å². The number of benzene rings is 2. The van der Waals surface area contributed by atoms with Crippen LogP contribution < -0.4 is 20.1 Å². The second kappa shape index (κ2) is 9.46. The second-order valence-electron chi connectivity index (χ2n) is 7.74. The molecule has 2 aromatic rings. The van der Waals surface area contributed by atoms with Crippen molar-refractivity contribution in [3.8, 4) is 11.5 Å². The van der Waals surface area contributed by atoms with Crippen molar-refractivity contribution in [3.05, 3.63) is 48.0 Å². The quantitative estimate of drug-likeness (QED) is 0.589. The zero-order valence-electron chi connectivity index (χ0n) is 17.9. The highest BCUT2D eigenvalue weighted by molar-refractivity contribution is 5.99. The van der Waals surface area contributed by atoms with Crippen LogP contribution in [0, 0.1) is 0 Å². The third kappa shape index (κ3) is 4.63. The van der Waals surface area contributed by atoms with E-state index in [4.69, 9.17) is 18.9 Å². The highest BCUT2D eigenvalue weighted by atomic mass is 16.6. The van der Waals surface area contributed by atoms with Gasteiger partial charge in [-0.05, 0) is 48.9 Å². The van der Waals surface area contributed by atoms with Crippen molar-refractivity contribution in [3.63, 3.8) is 0 Å². The topological polar surface area (TPSA) is 115 Å². The number of hydrogen-bond acceptors (Lipinski definition) is 7. The van der Waals surface area contributed by atoms with E-state index >= 15 is 0 Å². The van der Waals surface area contributed by atoms with Gasteiger partial charge >= 0.3 is 12.0 Å². The number of aliphatic hydroxyl groups is 1. The molecule has 0 aromatic heterocycles. The average molecular weight is 442 g/mol. The van der Waals surface area contributed by atoms with Crippen LogP contribution in [0.25, 0.3) is 0 Å². The van der Waals surface area contributed by atoms with Crippen LogP contribution in [0.2, 0.25) is 0 Å². The van der Waals surface area contributed by atoms with Crippen molar-refractivity contribution in [2.45, 2.75) is 37.1 Å². The van der Waals surface area contributed by atoms with Crippen LogP contribution in [-0.2, 0) is 14.3 Å². The van der Waals surface area contributed by atoms with Crippen LogP contribution in [0.5, 0.6) is 11.5 Å². The molecule has 0 radical (unpaired) electrons. The molecule has 4 atom stereocenters. The van der Waals surface area contributed by atoms with Crippen LogP contribution in [-0.4, -0.2) is 56.2 Å². The largest absolute Gasteiger partial charge is 0.497 e. The zero-order valence-corrected chi connectivity index (χ0v) is 17.9. The molecule has 0 aliphatic carbocycles. The summed E-state index contributed by atoms with van der Waals surface area (Å²) in [5.41, 5.74) is 2.15. The molecule has 2 aliphatic rings. The van der Waals surface area contributed by atoms with Gasteiger partial charge in [0.2, 0.25) is 0 Å². The smallest absolute Gasteiger partial charge is 0.323 e. The normalized spacial score (nSPS) is 23.3. The fourth-order valence-corrected chi connectivity index (χ4v) is 4.20. The Hall–Kier alpha value is -3.30. The summed E-state index contributed by atoms with van der Waals surface area (Å²) >= 11 is 0. The molecule has 2 aromatic carbocycles. The highest BCUT2D eigenvalue weighted by Gasteiger charge is 2.46. The number of rotatable bonds is 6. The maximum atomic E-state index is 12.4. The van der Waals surface area contributed by atoms with E-state index in [0.717, 1.165) is 5.56 Å². The maximum absolute atomic E-state index is 12.4. The van der Waals surface area contributed by atoms with E-state index in [1.165, 1.54) is 7.11 Å². The molecule has 0 saturated carbocycles. The first-order valence-corrected chi connectivity index (χ1v) is 10.4. The summed E-state index contributed by atoms with van der Waals surface area (Å²) in [5.74, 6) is 0.945.